The van der Waals surface area contributed by atoms with Crippen LogP contribution in [0.25, 0.3) is 0 Å². The predicted octanol–water partition coefficient (Wildman–Crippen LogP) is -1.28. The van der Waals surface area contributed by atoms with Gasteiger partial charge in [0.1, 0.15) is 5.54 Å². The highest BCUT2D eigenvalue weighted by Gasteiger charge is 2.26. The molecule has 0 aromatic rings. The first-order valence-corrected chi connectivity index (χ1v) is 3.71. The molecule has 0 saturated carbocycles. The minimum Gasteiger partial charge on any atom is -0.368 e. The van der Waals surface area contributed by atoms with Crippen LogP contribution < -0.4 is 16.8 Å². The summed E-state index contributed by atoms with van der Waals surface area (Å²) in [6.07, 6.45) is 0.205. The molecule has 0 aliphatic carbocycles. The highest BCUT2D eigenvalue weighted by molar-refractivity contribution is 5.89. The average molecular weight is 173 g/mol. The van der Waals surface area contributed by atoms with Crippen molar-refractivity contribution in [2.75, 3.05) is 6.54 Å². The van der Waals surface area contributed by atoms with E-state index in [0.29, 0.717) is 0 Å². The van der Waals surface area contributed by atoms with E-state index >= 15 is 0 Å². The summed E-state index contributed by atoms with van der Waals surface area (Å²) in [5.74, 6) is -0.825. The summed E-state index contributed by atoms with van der Waals surface area (Å²) < 4.78 is 0. The second kappa shape index (κ2) is 4.06. The first-order valence-electron chi connectivity index (χ1n) is 3.71. The molecule has 0 radical (unpaired) electrons. The largest absolute Gasteiger partial charge is 0.368 e. The highest BCUT2D eigenvalue weighted by Crippen LogP contribution is 1.99. The first kappa shape index (κ1) is 10.9. The van der Waals surface area contributed by atoms with Crippen LogP contribution in [0.5, 0.6) is 0 Å². The van der Waals surface area contributed by atoms with Crippen molar-refractivity contribution in [2.24, 2.45) is 11.5 Å². The van der Waals surface area contributed by atoms with Crippen molar-refractivity contribution in [3.63, 3.8) is 0 Å². The summed E-state index contributed by atoms with van der Waals surface area (Å²) >= 11 is 0. The molecule has 5 heteroatoms. The third-order valence-corrected chi connectivity index (χ3v) is 1.44. The van der Waals surface area contributed by atoms with Crippen LogP contribution in [0.1, 0.15) is 20.3 Å². The lowest BCUT2D eigenvalue weighted by Gasteiger charge is -2.21. The maximum atomic E-state index is 11.0. The smallest absolute Gasteiger partial charge is 0.242 e. The summed E-state index contributed by atoms with van der Waals surface area (Å²) in [6.45, 7) is 3.36. The Kier molecular flexibility index (Phi) is 3.69. The molecule has 0 spiro atoms. The van der Waals surface area contributed by atoms with Crippen LogP contribution in [0.15, 0.2) is 0 Å². The lowest BCUT2D eigenvalue weighted by atomic mass is 10.1. The second-order valence-corrected chi connectivity index (χ2v) is 3.08. The van der Waals surface area contributed by atoms with Gasteiger partial charge < -0.3 is 16.8 Å². The van der Waals surface area contributed by atoms with E-state index in [2.05, 4.69) is 5.32 Å². The Morgan fingerprint density at radius 2 is 1.92 bits per heavy atom. The zero-order chi connectivity index (χ0) is 9.78. The standard InChI is InChI=1S/C7H15N3O2/c1-7(2,6(9)12)10-5(11)3-4-8/h3-4,8H2,1-2H3,(H2,9,12)(H,10,11). The fraction of sp³-hybridized carbons (Fsp3) is 0.714. The molecule has 0 aromatic carbocycles. The van der Waals surface area contributed by atoms with Crippen molar-refractivity contribution in [3.8, 4) is 0 Å². The van der Waals surface area contributed by atoms with E-state index in [0.717, 1.165) is 0 Å². The lowest BCUT2D eigenvalue weighted by Crippen LogP contribution is -2.53. The maximum Gasteiger partial charge on any atom is 0.242 e. The van der Waals surface area contributed by atoms with Gasteiger partial charge in [0.2, 0.25) is 11.8 Å². The molecule has 0 unspecified atom stereocenters. The normalized spacial score (nSPS) is 10.9. The number of rotatable bonds is 4. The number of hydrogen-bond donors (Lipinski definition) is 3. The fourth-order valence-electron chi connectivity index (χ4n) is 0.604. The van der Waals surface area contributed by atoms with Gasteiger partial charge in [-0.2, -0.15) is 0 Å². The van der Waals surface area contributed by atoms with Crippen LogP contribution in [0.4, 0.5) is 0 Å². The van der Waals surface area contributed by atoms with Crippen LogP contribution in [0.2, 0.25) is 0 Å². The van der Waals surface area contributed by atoms with E-state index in [-0.39, 0.29) is 18.9 Å². The number of nitrogens with one attached hydrogen (secondary N) is 1. The molecule has 70 valence electrons. The number of nitrogens with two attached hydrogens (primary N) is 2. The lowest BCUT2D eigenvalue weighted by molar-refractivity contribution is -0.130. The minimum atomic E-state index is -0.994. The van der Waals surface area contributed by atoms with E-state index in [1.54, 1.807) is 13.8 Å². The van der Waals surface area contributed by atoms with Gasteiger partial charge in [-0.05, 0) is 13.8 Å². The van der Waals surface area contributed by atoms with Gasteiger partial charge in [-0.15, -0.1) is 0 Å². The quantitative estimate of drug-likeness (QED) is 0.493. The van der Waals surface area contributed by atoms with Crippen molar-refractivity contribution in [1.29, 1.82) is 0 Å². The first-order chi connectivity index (χ1) is 5.40. The van der Waals surface area contributed by atoms with Crippen LogP contribution in [-0.4, -0.2) is 23.9 Å². The third-order valence-electron chi connectivity index (χ3n) is 1.44. The molecular weight excluding hydrogens is 158 g/mol. The summed E-state index contributed by atoms with van der Waals surface area (Å²) in [6, 6.07) is 0. The van der Waals surface area contributed by atoms with Crippen molar-refractivity contribution < 1.29 is 9.59 Å². The average Bonchev–Trinajstić information content (AvgIpc) is 1.85. The van der Waals surface area contributed by atoms with E-state index in [4.69, 9.17) is 11.5 Å². The molecule has 5 nitrogen and oxygen atoms in total. The van der Waals surface area contributed by atoms with Crippen LogP contribution in [0, 0.1) is 0 Å². The molecule has 0 atom stereocenters. The fourth-order valence-corrected chi connectivity index (χ4v) is 0.604. The SMILES string of the molecule is CC(C)(NC(=O)CCN)C(N)=O. The molecule has 0 fully saturated rings. The summed E-state index contributed by atoms with van der Waals surface area (Å²) in [4.78, 5) is 21.7. The van der Waals surface area contributed by atoms with Crippen LogP contribution in [0.3, 0.4) is 0 Å². The molecule has 0 rings (SSSR count). The molecule has 2 amide bonds. The molecule has 0 saturated heterocycles. The van der Waals surface area contributed by atoms with Crippen molar-refractivity contribution in [2.45, 2.75) is 25.8 Å². The number of primary amides is 1. The van der Waals surface area contributed by atoms with Crippen LogP contribution >= 0.6 is 0 Å². The monoisotopic (exact) mass is 173 g/mol. The Hall–Kier alpha value is -1.10. The van der Waals surface area contributed by atoms with Gasteiger partial charge in [0.05, 0.1) is 0 Å². The Morgan fingerprint density at radius 1 is 1.42 bits per heavy atom. The molecule has 0 heterocycles. The van der Waals surface area contributed by atoms with Gasteiger partial charge in [0.25, 0.3) is 0 Å². The summed E-state index contributed by atoms with van der Waals surface area (Å²) in [5.41, 5.74) is 9.18. The summed E-state index contributed by atoms with van der Waals surface area (Å²) in [5, 5.41) is 2.46. The van der Waals surface area contributed by atoms with Crippen molar-refractivity contribution in [1.82, 2.24) is 5.32 Å². The van der Waals surface area contributed by atoms with E-state index in [1.165, 1.54) is 0 Å². The van der Waals surface area contributed by atoms with Crippen molar-refractivity contribution >= 4 is 11.8 Å². The molecule has 12 heavy (non-hydrogen) atoms. The van der Waals surface area contributed by atoms with Gasteiger partial charge in [0, 0.05) is 13.0 Å². The predicted molar refractivity (Wildman–Crippen MR) is 45.1 cm³/mol. The Labute approximate surface area is 71.5 Å². The van der Waals surface area contributed by atoms with E-state index < -0.39 is 11.4 Å². The summed E-state index contributed by atoms with van der Waals surface area (Å²) in [7, 11) is 0. The molecule has 0 aliphatic rings. The molecule has 0 aromatic heterocycles. The zero-order valence-electron chi connectivity index (χ0n) is 7.39. The molecule has 0 aliphatic heterocycles. The van der Waals surface area contributed by atoms with Gasteiger partial charge in [-0.25, -0.2) is 0 Å². The zero-order valence-corrected chi connectivity index (χ0v) is 7.39. The maximum absolute atomic E-state index is 11.0. The number of hydrogen-bond acceptors (Lipinski definition) is 3. The number of carbonyl (C=O) groups is 2. The van der Waals surface area contributed by atoms with E-state index in [9.17, 15) is 9.59 Å². The topological polar surface area (TPSA) is 98.2 Å². The van der Waals surface area contributed by atoms with Crippen LogP contribution in [-0.2, 0) is 9.59 Å². The molecular formula is C7H15N3O2. The molecule has 5 N–H and O–H groups in total. The highest BCUT2D eigenvalue weighted by atomic mass is 16.2. The number of amides is 2. The van der Waals surface area contributed by atoms with Crippen molar-refractivity contribution in [3.05, 3.63) is 0 Å². The minimum absolute atomic E-state index is 0.205. The number of carbonyl (C=O) groups excluding carboxylic acids is 2. The Morgan fingerprint density at radius 3 is 2.25 bits per heavy atom. The Balaban J connectivity index is 4.06. The third kappa shape index (κ3) is 3.34. The van der Waals surface area contributed by atoms with Gasteiger partial charge >= 0.3 is 0 Å². The Bertz CT molecular complexity index is 189. The van der Waals surface area contributed by atoms with Gasteiger partial charge in [0.15, 0.2) is 0 Å². The van der Waals surface area contributed by atoms with Gasteiger partial charge in [-0.3, -0.25) is 9.59 Å². The second-order valence-electron chi connectivity index (χ2n) is 3.08. The molecule has 0 bridgehead atoms. The van der Waals surface area contributed by atoms with E-state index in [1.807, 2.05) is 0 Å². The van der Waals surface area contributed by atoms with Gasteiger partial charge in [-0.1, -0.05) is 0 Å².